The molecule has 2 nitrogen and oxygen atoms in total. The average Bonchev–Trinajstić information content (AvgIpc) is 2.84. The van der Waals surface area contributed by atoms with Crippen molar-refractivity contribution in [1.82, 2.24) is 5.32 Å². The lowest BCUT2D eigenvalue weighted by molar-refractivity contribution is 0.0458. The van der Waals surface area contributed by atoms with Crippen LogP contribution >= 0.6 is 0 Å². The van der Waals surface area contributed by atoms with Gasteiger partial charge in [0.05, 0.1) is 5.60 Å². The SMILES string of the molecule is CC(C)C1(CNCC2(O)CCCC2)CC1. The van der Waals surface area contributed by atoms with Crippen molar-refractivity contribution in [2.45, 2.75) is 58.0 Å². The fraction of sp³-hybridized carbons (Fsp3) is 1.00. The highest BCUT2D eigenvalue weighted by atomic mass is 16.3. The molecule has 0 saturated heterocycles. The Kier molecular flexibility index (Phi) is 3.09. The number of rotatable bonds is 5. The third-order valence-corrected chi connectivity index (χ3v) is 4.58. The van der Waals surface area contributed by atoms with Gasteiger partial charge in [-0.15, -0.1) is 0 Å². The van der Waals surface area contributed by atoms with E-state index >= 15 is 0 Å². The molecule has 0 bridgehead atoms. The molecule has 0 aromatic heterocycles. The van der Waals surface area contributed by atoms with Crippen molar-refractivity contribution in [3.05, 3.63) is 0 Å². The second kappa shape index (κ2) is 4.06. The van der Waals surface area contributed by atoms with Crippen LogP contribution < -0.4 is 5.32 Å². The normalized spacial score (nSPS) is 27.2. The Morgan fingerprint density at radius 3 is 2.13 bits per heavy atom. The van der Waals surface area contributed by atoms with Gasteiger partial charge in [-0.05, 0) is 37.0 Å². The smallest absolute Gasteiger partial charge is 0.0771 e. The summed E-state index contributed by atoms with van der Waals surface area (Å²) in [5.74, 6) is 0.781. The van der Waals surface area contributed by atoms with Crippen LogP contribution in [0.1, 0.15) is 52.4 Å². The van der Waals surface area contributed by atoms with Crippen molar-refractivity contribution in [1.29, 1.82) is 0 Å². The van der Waals surface area contributed by atoms with Crippen LogP contribution in [0.4, 0.5) is 0 Å². The maximum atomic E-state index is 10.2. The molecule has 0 unspecified atom stereocenters. The van der Waals surface area contributed by atoms with Crippen LogP contribution in [0, 0.1) is 11.3 Å². The lowest BCUT2D eigenvalue weighted by atomic mass is 9.92. The van der Waals surface area contributed by atoms with Crippen molar-refractivity contribution >= 4 is 0 Å². The van der Waals surface area contributed by atoms with E-state index in [-0.39, 0.29) is 5.60 Å². The first-order valence-electron chi connectivity index (χ1n) is 6.50. The summed E-state index contributed by atoms with van der Waals surface area (Å²) in [4.78, 5) is 0. The van der Waals surface area contributed by atoms with Gasteiger partial charge in [0.25, 0.3) is 0 Å². The van der Waals surface area contributed by atoms with Gasteiger partial charge < -0.3 is 10.4 Å². The standard InChI is InChI=1S/C13H25NO/c1-11(2)12(7-8-12)9-14-10-13(15)5-3-4-6-13/h11,14-15H,3-10H2,1-2H3. The number of nitrogens with one attached hydrogen (secondary N) is 1. The fourth-order valence-corrected chi connectivity index (χ4v) is 2.87. The van der Waals surface area contributed by atoms with E-state index in [1.54, 1.807) is 0 Å². The van der Waals surface area contributed by atoms with Crippen molar-refractivity contribution < 1.29 is 5.11 Å². The molecule has 2 N–H and O–H groups in total. The minimum absolute atomic E-state index is 0.382. The molecule has 0 atom stereocenters. The van der Waals surface area contributed by atoms with Gasteiger partial charge in [0, 0.05) is 13.1 Å². The maximum absolute atomic E-state index is 10.2. The zero-order chi connectivity index (χ0) is 10.9. The van der Waals surface area contributed by atoms with E-state index in [1.165, 1.54) is 25.7 Å². The second-order valence-electron chi connectivity index (χ2n) is 6.05. The lowest BCUT2D eigenvalue weighted by Gasteiger charge is -2.26. The van der Waals surface area contributed by atoms with Gasteiger partial charge in [0.15, 0.2) is 0 Å². The molecule has 2 aliphatic carbocycles. The quantitative estimate of drug-likeness (QED) is 0.731. The first-order chi connectivity index (χ1) is 7.06. The van der Waals surface area contributed by atoms with Crippen LogP contribution in [0.3, 0.4) is 0 Å². The van der Waals surface area contributed by atoms with Gasteiger partial charge in [-0.3, -0.25) is 0 Å². The van der Waals surface area contributed by atoms with Crippen molar-refractivity contribution in [2.24, 2.45) is 11.3 Å². The fourth-order valence-electron chi connectivity index (χ4n) is 2.87. The van der Waals surface area contributed by atoms with Crippen molar-refractivity contribution in [3.63, 3.8) is 0 Å². The van der Waals surface area contributed by atoms with E-state index in [4.69, 9.17) is 0 Å². The number of hydrogen-bond acceptors (Lipinski definition) is 2. The predicted octanol–water partition coefficient (Wildman–Crippen LogP) is 2.32. The van der Waals surface area contributed by atoms with Crippen LogP contribution in [0.25, 0.3) is 0 Å². The first kappa shape index (κ1) is 11.4. The van der Waals surface area contributed by atoms with Gasteiger partial charge >= 0.3 is 0 Å². The average molecular weight is 211 g/mol. The monoisotopic (exact) mass is 211 g/mol. The van der Waals surface area contributed by atoms with Crippen LogP contribution in [0.5, 0.6) is 0 Å². The molecule has 2 fully saturated rings. The largest absolute Gasteiger partial charge is 0.389 e. The summed E-state index contributed by atoms with van der Waals surface area (Å²) >= 11 is 0. The highest BCUT2D eigenvalue weighted by Crippen LogP contribution is 2.51. The Balaban J connectivity index is 1.71. The Bertz CT molecular complexity index is 213. The molecular formula is C13H25NO. The Labute approximate surface area is 93.5 Å². The van der Waals surface area contributed by atoms with Crippen molar-refractivity contribution in [3.8, 4) is 0 Å². The zero-order valence-electron chi connectivity index (χ0n) is 10.2. The third kappa shape index (κ3) is 2.54. The summed E-state index contributed by atoms with van der Waals surface area (Å²) in [6, 6.07) is 0. The van der Waals surface area contributed by atoms with Crippen LogP contribution in [-0.2, 0) is 0 Å². The lowest BCUT2D eigenvalue weighted by Crippen LogP contribution is -2.41. The van der Waals surface area contributed by atoms with Crippen molar-refractivity contribution in [2.75, 3.05) is 13.1 Å². The van der Waals surface area contributed by atoms with Gasteiger partial charge in [0.2, 0.25) is 0 Å². The van der Waals surface area contributed by atoms with E-state index in [0.717, 1.165) is 31.8 Å². The molecule has 2 heteroatoms. The Morgan fingerprint density at radius 2 is 1.67 bits per heavy atom. The zero-order valence-corrected chi connectivity index (χ0v) is 10.2. The summed E-state index contributed by atoms with van der Waals surface area (Å²) < 4.78 is 0. The van der Waals surface area contributed by atoms with Gasteiger partial charge in [-0.25, -0.2) is 0 Å². The molecule has 0 amide bonds. The van der Waals surface area contributed by atoms with Gasteiger partial charge in [-0.2, -0.15) is 0 Å². The molecule has 88 valence electrons. The molecule has 15 heavy (non-hydrogen) atoms. The van der Waals surface area contributed by atoms with Crippen LogP contribution in [0.15, 0.2) is 0 Å². The van der Waals surface area contributed by atoms with E-state index in [1.807, 2.05) is 0 Å². The van der Waals surface area contributed by atoms with E-state index < -0.39 is 0 Å². The topological polar surface area (TPSA) is 32.3 Å². The molecule has 0 aromatic rings. The number of aliphatic hydroxyl groups is 1. The first-order valence-corrected chi connectivity index (χ1v) is 6.50. The minimum Gasteiger partial charge on any atom is -0.389 e. The summed E-state index contributed by atoms with van der Waals surface area (Å²) in [5.41, 5.74) is 0.183. The number of hydrogen-bond donors (Lipinski definition) is 2. The van der Waals surface area contributed by atoms with Gasteiger partial charge in [0.1, 0.15) is 0 Å². The third-order valence-electron chi connectivity index (χ3n) is 4.58. The molecule has 2 rings (SSSR count). The second-order valence-corrected chi connectivity index (χ2v) is 6.05. The molecule has 0 radical (unpaired) electrons. The maximum Gasteiger partial charge on any atom is 0.0771 e. The molecule has 0 heterocycles. The van der Waals surface area contributed by atoms with E-state index in [2.05, 4.69) is 19.2 Å². The summed E-state index contributed by atoms with van der Waals surface area (Å²) in [7, 11) is 0. The van der Waals surface area contributed by atoms with Crippen LogP contribution in [0.2, 0.25) is 0 Å². The van der Waals surface area contributed by atoms with E-state index in [0.29, 0.717) is 5.41 Å². The minimum atomic E-state index is -0.382. The Hall–Kier alpha value is -0.0800. The summed E-state index contributed by atoms with van der Waals surface area (Å²) in [6.07, 6.45) is 7.14. The molecule has 0 aliphatic heterocycles. The Morgan fingerprint density at radius 1 is 1.07 bits per heavy atom. The molecule has 0 aromatic carbocycles. The highest BCUT2D eigenvalue weighted by Gasteiger charge is 2.45. The highest BCUT2D eigenvalue weighted by molar-refractivity contribution is 4.98. The molecule has 0 spiro atoms. The van der Waals surface area contributed by atoms with E-state index in [9.17, 15) is 5.11 Å². The summed E-state index contributed by atoms with van der Waals surface area (Å²) in [5, 5.41) is 13.7. The molecule has 2 saturated carbocycles. The molecule has 2 aliphatic rings. The predicted molar refractivity (Wildman–Crippen MR) is 62.8 cm³/mol. The van der Waals surface area contributed by atoms with Crippen LogP contribution in [-0.4, -0.2) is 23.8 Å². The summed E-state index contributed by atoms with van der Waals surface area (Å²) in [6.45, 7) is 6.55. The molecular weight excluding hydrogens is 186 g/mol. The van der Waals surface area contributed by atoms with Gasteiger partial charge in [-0.1, -0.05) is 26.7 Å².